The van der Waals surface area contributed by atoms with Gasteiger partial charge in [-0.3, -0.25) is 4.68 Å². The summed E-state index contributed by atoms with van der Waals surface area (Å²) in [5, 5.41) is 4.28. The predicted molar refractivity (Wildman–Crippen MR) is 74.7 cm³/mol. The van der Waals surface area contributed by atoms with Crippen molar-refractivity contribution >= 4 is 27.7 Å². The van der Waals surface area contributed by atoms with E-state index in [0.29, 0.717) is 0 Å². The molecule has 1 heterocycles. The highest BCUT2D eigenvalue weighted by atomic mass is 79.9. The smallest absolute Gasteiger partial charge is 0.0701 e. The molecule has 92 valence electrons. The van der Waals surface area contributed by atoms with Crippen LogP contribution in [0.25, 0.3) is 0 Å². The quantitative estimate of drug-likeness (QED) is 0.878. The highest BCUT2D eigenvalue weighted by molar-refractivity contribution is 9.10. The minimum atomic E-state index is 0.0561. The molecule has 2 N–H and O–H groups in total. The lowest BCUT2D eigenvalue weighted by molar-refractivity contribution is 0.591. The Morgan fingerprint density at radius 1 is 1.50 bits per heavy atom. The van der Waals surface area contributed by atoms with Gasteiger partial charge in [-0.1, -0.05) is 13.8 Å². The van der Waals surface area contributed by atoms with Crippen molar-refractivity contribution in [2.24, 2.45) is 11.7 Å². The van der Waals surface area contributed by atoms with E-state index >= 15 is 0 Å². The molecule has 0 saturated carbocycles. The van der Waals surface area contributed by atoms with Crippen LogP contribution < -0.4 is 5.73 Å². The molecule has 1 rings (SSSR count). The van der Waals surface area contributed by atoms with Crippen LogP contribution in [0.4, 0.5) is 0 Å². The van der Waals surface area contributed by atoms with E-state index in [-0.39, 0.29) is 6.04 Å². The Hall–Kier alpha value is -0.0000000000000000555. The number of halogens is 1. The number of nitrogens with zero attached hydrogens (tertiary/aromatic N) is 2. The summed E-state index contributed by atoms with van der Waals surface area (Å²) in [5.41, 5.74) is 7.30. The number of rotatable bonds is 6. The summed E-state index contributed by atoms with van der Waals surface area (Å²) < 4.78 is 2.98. The first kappa shape index (κ1) is 14.1. The van der Waals surface area contributed by atoms with Crippen LogP contribution in [0.5, 0.6) is 0 Å². The molecule has 0 spiro atoms. The Labute approximate surface area is 110 Å². The SMILES string of the molecule is CCn1ncc(Br)c1C(N)CSCC(C)C. The van der Waals surface area contributed by atoms with Crippen LogP contribution >= 0.6 is 27.7 Å². The molecule has 0 radical (unpaired) electrons. The summed E-state index contributed by atoms with van der Waals surface area (Å²) in [6.45, 7) is 7.40. The molecule has 0 aliphatic carbocycles. The zero-order valence-corrected chi connectivity index (χ0v) is 12.5. The molecular weight excluding hydrogens is 286 g/mol. The van der Waals surface area contributed by atoms with Gasteiger partial charge in [0.1, 0.15) is 0 Å². The van der Waals surface area contributed by atoms with Crippen LogP contribution in [0.1, 0.15) is 32.5 Å². The second-order valence-electron chi connectivity index (χ2n) is 4.23. The number of hydrogen-bond acceptors (Lipinski definition) is 3. The van der Waals surface area contributed by atoms with Gasteiger partial charge in [-0.05, 0) is 34.5 Å². The van der Waals surface area contributed by atoms with E-state index in [2.05, 4.69) is 41.8 Å². The van der Waals surface area contributed by atoms with Crippen LogP contribution in [0.3, 0.4) is 0 Å². The van der Waals surface area contributed by atoms with Crippen molar-refractivity contribution in [1.29, 1.82) is 0 Å². The molecule has 0 aromatic carbocycles. The van der Waals surface area contributed by atoms with E-state index in [0.717, 1.165) is 34.1 Å². The fourth-order valence-corrected chi connectivity index (χ4v) is 3.11. The van der Waals surface area contributed by atoms with Crippen LogP contribution in [0.2, 0.25) is 0 Å². The van der Waals surface area contributed by atoms with Gasteiger partial charge in [0.25, 0.3) is 0 Å². The molecule has 0 amide bonds. The average Bonchev–Trinajstić information content (AvgIpc) is 2.58. The molecular formula is C11H20BrN3S. The summed E-state index contributed by atoms with van der Waals surface area (Å²) in [4.78, 5) is 0. The van der Waals surface area contributed by atoms with Gasteiger partial charge in [0, 0.05) is 12.3 Å². The van der Waals surface area contributed by atoms with E-state index in [1.54, 1.807) is 0 Å². The zero-order chi connectivity index (χ0) is 12.1. The summed E-state index contributed by atoms with van der Waals surface area (Å²) in [6, 6.07) is 0.0561. The maximum Gasteiger partial charge on any atom is 0.0701 e. The van der Waals surface area contributed by atoms with E-state index in [4.69, 9.17) is 5.73 Å². The van der Waals surface area contributed by atoms with Gasteiger partial charge in [-0.25, -0.2) is 0 Å². The molecule has 1 unspecified atom stereocenters. The molecule has 1 aromatic heterocycles. The van der Waals surface area contributed by atoms with Crippen molar-refractivity contribution in [3.63, 3.8) is 0 Å². The van der Waals surface area contributed by atoms with E-state index in [9.17, 15) is 0 Å². The number of aryl methyl sites for hydroxylation is 1. The number of hydrogen-bond donors (Lipinski definition) is 1. The van der Waals surface area contributed by atoms with Crippen molar-refractivity contribution < 1.29 is 0 Å². The third-order valence-corrected chi connectivity index (χ3v) is 4.34. The molecule has 5 heteroatoms. The van der Waals surface area contributed by atoms with Gasteiger partial charge in [0.15, 0.2) is 0 Å². The summed E-state index contributed by atoms with van der Waals surface area (Å²) in [5.74, 6) is 2.82. The Kier molecular flexibility index (Phi) is 5.86. The largest absolute Gasteiger partial charge is 0.322 e. The van der Waals surface area contributed by atoms with Crippen LogP contribution in [0, 0.1) is 5.92 Å². The standard InChI is InChI=1S/C11H20BrN3S/c1-4-15-11(9(12)5-14-15)10(13)7-16-6-8(2)3/h5,8,10H,4,6-7,13H2,1-3H3. The monoisotopic (exact) mass is 305 g/mol. The van der Waals surface area contributed by atoms with E-state index < -0.39 is 0 Å². The summed E-state index contributed by atoms with van der Waals surface area (Å²) in [6.07, 6.45) is 1.83. The molecule has 1 atom stereocenters. The summed E-state index contributed by atoms with van der Waals surface area (Å²) in [7, 11) is 0. The lowest BCUT2D eigenvalue weighted by atomic mass is 10.2. The van der Waals surface area contributed by atoms with Gasteiger partial charge in [0.2, 0.25) is 0 Å². The normalized spacial score (nSPS) is 13.4. The van der Waals surface area contributed by atoms with E-state index in [1.165, 1.54) is 0 Å². The Morgan fingerprint density at radius 3 is 2.75 bits per heavy atom. The van der Waals surface area contributed by atoms with Crippen molar-refractivity contribution in [3.8, 4) is 0 Å². The van der Waals surface area contributed by atoms with Crippen molar-refractivity contribution in [3.05, 3.63) is 16.4 Å². The molecule has 16 heavy (non-hydrogen) atoms. The van der Waals surface area contributed by atoms with Crippen LogP contribution in [-0.4, -0.2) is 21.3 Å². The molecule has 0 aliphatic heterocycles. The fourth-order valence-electron chi connectivity index (χ4n) is 1.50. The maximum absolute atomic E-state index is 6.19. The number of thioether (sulfide) groups is 1. The molecule has 0 fully saturated rings. The van der Waals surface area contributed by atoms with Gasteiger partial charge in [0.05, 0.1) is 22.4 Å². The summed E-state index contributed by atoms with van der Waals surface area (Å²) >= 11 is 5.42. The Balaban J connectivity index is 2.58. The van der Waals surface area contributed by atoms with Crippen LogP contribution in [-0.2, 0) is 6.54 Å². The fraction of sp³-hybridized carbons (Fsp3) is 0.727. The third kappa shape index (κ3) is 3.79. The van der Waals surface area contributed by atoms with E-state index in [1.807, 2.05) is 22.6 Å². The Bertz CT molecular complexity index is 325. The maximum atomic E-state index is 6.19. The number of aromatic nitrogens is 2. The minimum absolute atomic E-state index is 0.0561. The average molecular weight is 306 g/mol. The first-order chi connectivity index (χ1) is 7.56. The van der Waals surface area contributed by atoms with Gasteiger partial charge in [-0.15, -0.1) is 0 Å². The molecule has 0 saturated heterocycles. The lowest BCUT2D eigenvalue weighted by Crippen LogP contribution is -2.19. The Morgan fingerprint density at radius 2 is 2.19 bits per heavy atom. The topological polar surface area (TPSA) is 43.8 Å². The molecule has 1 aromatic rings. The highest BCUT2D eigenvalue weighted by Gasteiger charge is 2.15. The predicted octanol–water partition coefficient (Wildman–Crippen LogP) is 3.05. The first-order valence-electron chi connectivity index (χ1n) is 5.60. The number of nitrogens with two attached hydrogens (primary N) is 1. The van der Waals surface area contributed by atoms with Gasteiger partial charge < -0.3 is 5.73 Å². The zero-order valence-electron chi connectivity index (χ0n) is 10.1. The first-order valence-corrected chi connectivity index (χ1v) is 7.55. The molecule has 3 nitrogen and oxygen atoms in total. The van der Waals surface area contributed by atoms with Crippen molar-refractivity contribution in [2.75, 3.05) is 11.5 Å². The highest BCUT2D eigenvalue weighted by Crippen LogP contribution is 2.24. The van der Waals surface area contributed by atoms with Crippen molar-refractivity contribution in [2.45, 2.75) is 33.4 Å². The van der Waals surface area contributed by atoms with Gasteiger partial charge in [-0.2, -0.15) is 16.9 Å². The third-order valence-electron chi connectivity index (χ3n) is 2.23. The van der Waals surface area contributed by atoms with Gasteiger partial charge >= 0.3 is 0 Å². The molecule has 0 bridgehead atoms. The van der Waals surface area contributed by atoms with Crippen LogP contribution in [0.15, 0.2) is 10.7 Å². The second kappa shape index (κ2) is 6.67. The lowest BCUT2D eigenvalue weighted by Gasteiger charge is -2.14. The minimum Gasteiger partial charge on any atom is -0.322 e. The van der Waals surface area contributed by atoms with Crippen molar-refractivity contribution in [1.82, 2.24) is 9.78 Å². The molecule has 0 aliphatic rings. The second-order valence-corrected chi connectivity index (χ2v) is 6.16.